The molecule has 102 valence electrons. The van der Waals surface area contributed by atoms with Crippen molar-refractivity contribution in [1.82, 2.24) is 9.38 Å². The zero-order chi connectivity index (χ0) is 14.1. The van der Waals surface area contributed by atoms with E-state index in [0.29, 0.717) is 11.3 Å². The average Bonchev–Trinajstić information content (AvgIpc) is 2.99. The Bertz CT molecular complexity index is 745. The van der Waals surface area contributed by atoms with Crippen LogP contribution in [-0.4, -0.2) is 22.3 Å². The maximum absolute atomic E-state index is 12.4. The molecule has 0 amide bonds. The molecule has 0 N–H and O–H groups in total. The van der Waals surface area contributed by atoms with Crippen molar-refractivity contribution in [3.63, 3.8) is 0 Å². The molecule has 2 aromatic heterocycles. The summed E-state index contributed by atoms with van der Waals surface area (Å²) in [7, 11) is 1.58. The SMILES string of the molecule is COc1ccc(C)cc1C(=O)Cc1cn2ccsc2n1. The van der Waals surface area contributed by atoms with E-state index in [1.807, 2.05) is 47.3 Å². The van der Waals surface area contributed by atoms with E-state index in [-0.39, 0.29) is 12.2 Å². The van der Waals surface area contributed by atoms with Crippen molar-refractivity contribution in [2.24, 2.45) is 0 Å². The van der Waals surface area contributed by atoms with Crippen LogP contribution in [0.3, 0.4) is 0 Å². The van der Waals surface area contributed by atoms with Crippen LogP contribution in [0.1, 0.15) is 21.6 Å². The maximum atomic E-state index is 12.4. The normalized spacial score (nSPS) is 10.9. The highest BCUT2D eigenvalue weighted by atomic mass is 32.1. The molecule has 3 aromatic rings. The minimum absolute atomic E-state index is 0.0244. The van der Waals surface area contributed by atoms with E-state index in [1.54, 1.807) is 18.4 Å². The van der Waals surface area contributed by atoms with Crippen molar-refractivity contribution >= 4 is 22.1 Å². The van der Waals surface area contributed by atoms with Gasteiger partial charge < -0.3 is 4.74 Å². The summed E-state index contributed by atoms with van der Waals surface area (Å²) in [5, 5.41) is 1.97. The van der Waals surface area contributed by atoms with E-state index in [9.17, 15) is 4.79 Å². The number of benzene rings is 1. The minimum atomic E-state index is 0.0244. The van der Waals surface area contributed by atoms with Crippen molar-refractivity contribution < 1.29 is 9.53 Å². The quantitative estimate of drug-likeness (QED) is 0.692. The van der Waals surface area contributed by atoms with Gasteiger partial charge in [-0.1, -0.05) is 11.6 Å². The molecule has 5 heteroatoms. The van der Waals surface area contributed by atoms with Crippen LogP contribution in [0, 0.1) is 6.92 Å². The van der Waals surface area contributed by atoms with Crippen LogP contribution in [0.5, 0.6) is 5.75 Å². The number of Topliss-reactive ketones (excluding diaryl/α,β-unsaturated/α-hetero) is 1. The van der Waals surface area contributed by atoms with E-state index in [2.05, 4.69) is 4.98 Å². The minimum Gasteiger partial charge on any atom is -0.496 e. The fraction of sp³-hybridized carbons (Fsp3) is 0.200. The number of aryl methyl sites for hydroxylation is 1. The third-order valence-corrected chi connectivity index (χ3v) is 3.91. The summed E-state index contributed by atoms with van der Waals surface area (Å²) in [6.07, 6.45) is 4.12. The number of ketones is 1. The first kappa shape index (κ1) is 12.9. The number of methoxy groups -OCH3 is 1. The number of hydrogen-bond donors (Lipinski definition) is 0. The first-order valence-corrected chi connectivity index (χ1v) is 7.14. The van der Waals surface area contributed by atoms with Crippen molar-refractivity contribution in [1.29, 1.82) is 0 Å². The Morgan fingerprint density at radius 3 is 3.05 bits per heavy atom. The first-order chi connectivity index (χ1) is 9.67. The number of ether oxygens (including phenoxy) is 1. The number of aromatic nitrogens is 2. The summed E-state index contributed by atoms with van der Waals surface area (Å²) < 4.78 is 7.19. The van der Waals surface area contributed by atoms with Crippen molar-refractivity contribution in [3.05, 3.63) is 52.8 Å². The van der Waals surface area contributed by atoms with Gasteiger partial charge >= 0.3 is 0 Å². The number of carbonyl (C=O) groups excluding carboxylic acids is 1. The average molecular weight is 286 g/mol. The summed E-state index contributed by atoms with van der Waals surface area (Å²) in [6, 6.07) is 5.62. The number of nitrogens with zero attached hydrogens (tertiary/aromatic N) is 2. The van der Waals surface area contributed by atoms with Gasteiger partial charge in [-0.15, -0.1) is 11.3 Å². The van der Waals surface area contributed by atoms with Crippen LogP contribution < -0.4 is 4.74 Å². The molecule has 0 unspecified atom stereocenters. The molecule has 0 bridgehead atoms. The van der Waals surface area contributed by atoms with Crippen LogP contribution in [0.4, 0.5) is 0 Å². The van der Waals surface area contributed by atoms with Crippen LogP contribution in [0.15, 0.2) is 36.0 Å². The molecule has 0 radical (unpaired) electrons. The van der Waals surface area contributed by atoms with Crippen molar-refractivity contribution in [3.8, 4) is 5.75 Å². The lowest BCUT2D eigenvalue weighted by Crippen LogP contribution is -2.06. The topological polar surface area (TPSA) is 43.6 Å². The predicted octanol–water partition coefficient (Wildman–Crippen LogP) is 3.14. The van der Waals surface area contributed by atoms with E-state index in [4.69, 9.17) is 4.74 Å². The van der Waals surface area contributed by atoms with Crippen LogP contribution in [-0.2, 0) is 6.42 Å². The van der Waals surface area contributed by atoms with Gasteiger partial charge in [0.1, 0.15) is 5.75 Å². The van der Waals surface area contributed by atoms with Crippen LogP contribution in [0.25, 0.3) is 4.96 Å². The molecule has 0 saturated heterocycles. The zero-order valence-corrected chi connectivity index (χ0v) is 12.1. The van der Waals surface area contributed by atoms with E-state index in [0.717, 1.165) is 16.2 Å². The molecule has 0 aliphatic rings. The lowest BCUT2D eigenvalue weighted by Gasteiger charge is -2.07. The van der Waals surface area contributed by atoms with Gasteiger partial charge in [-0.25, -0.2) is 4.98 Å². The van der Waals surface area contributed by atoms with E-state index in [1.165, 1.54) is 0 Å². The van der Waals surface area contributed by atoms with Gasteiger partial charge in [0.05, 0.1) is 24.8 Å². The Balaban J connectivity index is 1.89. The van der Waals surface area contributed by atoms with Gasteiger partial charge in [0.2, 0.25) is 0 Å². The van der Waals surface area contributed by atoms with Crippen molar-refractivity contribution in [2.45, 2.75) is 13.3 Å². The second-order valence-electron chi connectivity index (χ2n) is 4.63. The highest BCUT2D eigenvalue weighted by Gasteiger charge is 2.15. The lowest BCUT2D eigenvalue weighted by atomic mass is 10.0. The third-order valence-electron chi connectivity index (χ3n) is 3.14. The molecule has 0 aliphatic heterocycles. The summed E-state index contributed by atoms with van der Waals surface area (Å²) in [5.41, 5.74) is 2.44. The number of thiazole rings is 1. The van der Waals surface area contributed by atoms with Gasteiger partial charge in [0.25, 0.3) is 0 Å². The fourth-order valence-electron chi connectivity index (χ4n) is 2.16. The standard InChI is InChI=1S/C15H14N2O2S/c1-10-3-4-14(19-2)12(7-10)13(18)8-11-9-17-5-6-20-15(17)16-11/h3-7,9H,8H2,1-2H3. The second kappa shape index (κ2) is 5.09. The zero-order valence-electron chi connectivity index (χ0n) is 11.3. The van der Waals surface area contributed by atoms with Gasteiger partial charge in [0, 0.05) is 17.8 Å². The summed E-state index contributed by atoms with van der Waals surface area (Å²) in [6.45, 7) is 1.96. The number of rotatable bonds is 4. The maximum Gasteiger partial charge on any atom is 0.193 e. The molecule has 20 heavy (non-hydrogen) atoms. The molecule has 1 aromatic carbocycles. The summed E-state index contributed by atoms with van der Waals surface area (Å²) in [5.74, 6) is 0.637. The lowest BCUT2D eigenvalue weighted by molar-refractivity contribution is 0.0989. The Labute approximate surface area is 120 Å². The number of fused-ring (bicyclic) bond motifs is 1. The molecule has 4 nitrogen and oxygen atoms in total. The molecule has 0 atom stereocenters. The Kier molecular flexibility index (Phi) is 3.28. The third kappa shape index (κ3) is 2.32. The first-order valence-electron chi connectivity index (χ1n) is 6.26. The molecule has 0 aliphatic carbocycles. The van der Waals surface area contributed by atoms with Crippen molar-refractivity contribution in [2.75, 3.05) is 7.11 Å². The van der Waals surface area contributed by atoms with Crippen LogP contribution >= 0.6 is 11.3 Å². The number of imidazole rings is 1. The molecular weight excluding hydrogens is 272 g/mol. The van der Waals surface area contributed by atoms with E-state index >= 15 is 0 Å². The Morgan fingerprint density at radius 1 is 1.45 bits per heavy atom. The van der Waals surface area contributed by atoms with E-state index < -0.39 is 0 Å². The molecular formula is C15H14N2O2S. The van der Waals surface area contributed by atoms with Gasteiger partial charge in [-0.3, -0.25) is 9.20 Å². The van der Waals surface area contributed by atoms with Gasteiger partial charge in [-0.05, 0) is 19.1 Å². The molecule has 0 saturated carbocycles. The predicted molar refractivity (Wildman–Crippen MR) is 78.8 cm³/mol. The molecule has 2 heterocycles. The van der Waals surface area contributed by atoms with Gasteiger partial charge in [-0.2, -0.15) is 0 Å². The Morgan fingerprint density at radius 2 is 2.30 bits per heavy atom. The largest absolute Gasteiger partial charge is 0.496 e. The highest BCUT2D eigenvalue weighted by molar-refractivity contribution is 7.15. The van der Waals surface area contributed by atoms with Gasteiger partial charge in [0.15, 0.2) is 10.7 Å². The smallest absolute Gasteiger partial charge is 0.193 e. The number of hydrogen-bond acceptors (Lipinski definition) is 4. The summed E-state index contributed by atoms with van der Waals surface area (Å²) in [4.78, 5) is 17.8. The molecule has 3 rings (SSSR count). The highest BCUT2D eigenvalue weighted by Crippen LogP contribution is 2.22. The molecule has 0 fully saturated rings. The Hall–Kier alpha value is -2.14. The second-order valence-corrected chi connectivity index (χ2v) is 5.50. The van der Waals surface area contributed by atoms with Crippen LogP contribution in [0.2, 0.25) is 0 Å². The number of carbonyl (C=O) groups is 1. The molecule has 0 spiro atoms. The summed E-state index contributed by atoms with van der Waals surface area (Å²) >= 11 is 1.56. The monoisotopic (exact) mass is 286 g/mol. The fourth-order valence-corrected chi connectivity index (χ4v) is 2.88.